The number of thioether (sulfide) groups is 1. The van der Waals surface area contributed by atoms with E-state index in [1.54, 1.807) is 0 Å². The lowest BCUT2D eigenvalue weighted by atomic mass is 10.2. The highest BCUT2D eigenvalue weighted by atomic mass is 32.2. The van der Waals surface area contributed by atoms with Gasteiger partial charge in [-0.15, -0.1) is 0 Å². The smallest absolute Gasteiger partial charge is 0.307 e. The molecule has 1 amide bonds. The third kappa shape index (κ3) is 3.75. The summed E-state index contributed by atoms with van der Waals surface area (Å²) in [6.45, 7) is 0. The number of carbonyl (C=O) groups excluding carboxylic acids is 1. The van der Waals surface area contributed by atoms with Crippen molar-refractivity contribution in [1.82, 2.24) is 10.2 Å². The first-order valence-electron chi connectivity index (χ1n) is 5.11. The van der Waals surface area contributed by atoms with Gasteiger partial charge in [0.25, 0.3) is 5.91 Å². The number of alkyl halides is 3. The second-order valence-corrected chi connectivity index (χ2v) is 4.58. The molecule has 0 unspecified atom stereocenters. The van der Waals surface area contributed by atoms with Crippen LogP contribution in [-0.2, 0) is 0 Å². The van der Waals surface area contributed by atoms with E-state index >= 15 is 0 Å². The summed E-state index contributed by atoms with van der Waals surface area (Å²) < 4.78 is 37.1. The number of H-pyrrole nitrogens is 1. The summed E-state index contributed by atoms with van der Waals surface area (Å²) in [5.74, 6) is -0.312. The molecule has 0 aliphatic carbocycles. The van der Waals surface area contributed by atoms with E-state index in [2.05, 4.69) is 15.5 Å². The first-order chi connectivity index (χ1) is 8.96. The molecule has 2 rings (SSSR count). The van der Waals surface area contributed by atoms with Gasteiger partial charge in [0.1, 0.15) is 5.82 Å². The molecule has 8 heteroatoms. The van der Waals surface area contributed by atoms with Gasteiger partial charge in [-0.1, -0.05) is 12.1 Å². The highest BCUT2D eigenvalue weighted by molar-refractivity contribution is 8.00. The first kappa shape index (κ1) is 13.5. The lowest BCUT2D eigenvalue weighted by molar-refractivity contribution is -0.0328. The highest BCUT2D eigenvalue weighted by Crippen LogP contribution is 2.38. The van der Waals surface area contributed by atoms with Gasteiger partial charge in [-0.2, -0.15) is 18.3 Å². The molecular formula is C11H8F3N3OS. The highest BCUT2D eigenvalue weighted by Gasteiger charge is 2.31. The molecule has 4 nitrogen and oxygen atoms in total. The van der Waals surface area contributed by atoms with E-state index in [1.165, 1.54) is 36.5 Å². The van der Waals surface area contributed by atoms with Crippen LogP contribution in [0.25, 0.3) is 0 Å². The van der Waals surface area contributed by atoms with Gasteiger partial charge in [0, 0.05) is 11.0 Å². The summed E-state index contributed by atoms with van der Waals surface area (Å²) in [5.41, 5.74) is -4.48. The van der Waals surface area contributed by atoms with E-state index in [4.69, 9.17) is 0 Å². The molecule has 2 N–H and O–H groups in total. The monoisotopic (exact) mass is 287 g/mol. The van der Waals surface area contributed by atoms with Gasteiger partial charge in [-0.05, 0) is 23.9 Å². The predicted octanol–water partition coefficient (Wildman–Crippen LogP) is 3.27. The number of nitrogens with one attached hydrogen (secondary N) is 2. The number of hydrogen-bond acceptors (Lipinski definition) is 3. The van der Waals surface area contributed by atoms with Crippen molar-refractivity contribution in [2.45, 2.75) is 10.4 Å². The molecule has 0 saturated carbocycles. The van der Waals surface area contributed by atoms with Gasteiger partial charge in [-0.25, -0.2) is 0 Å². The zero-order chi connectivity index (χ0) is 13.9. The van der Waals surface area contributed by atoms with Crippen molar-refractivity contribution in [1.29, 1.82) is 0 Å². The van der Waals surface area contributed by atoms with Gasteiger partial charge in [0.05, 0.1) is 11.8 Å². The van der Waals surface area contributed by atoms with Crippen molar-refractivity contribution in [2.24, 2.45) is 0 Å². The Balaban J connectivity index is 2.21. The molecule has 0 atom stereocenters. The second kappa shape index (κ2) is 5.35. The van der Waals surface area contributed by atoms with Crippen molar-refractivity contribution in [3.63, 3.8) is 0 Å². The molecule has 0 fully saturated rings. The van der Waals surface area contributed by atoms with Crippen LogP contribution in [0, 0.1) is 0 Å². The molecule has 1 aromatic carbocycles. The van der Waals surface area contributed by atoms with Crippen LogP contribution in [0.4, 0.5) is 19.0 Å². The van der Waals surface area contributed by atoms with E-state index in [9.17, 15) is 18.0 Å². The van der Waals surface area contributed by atoms with Crippen molar-refractivity contribution in [2.75, 3.05) is 5.32 Å². The minimum Gasteiger partial charge on any atom is -0.307 e. The number of benzene rings is 1. The Kier molecular flexibility index (Phi) is 3.79. The number of aromatic amines is 1. The summed E-state index contributed by atoms with van der Waals surface area (Å²) in [5, 5.41) is 8.55. The van der Waals surface area contributed by atoms with E-state index in [0.717, 1.165) is 0 Å². The zero-order valence-electron chi connectivity index (χ0n) is 9.36. The van der Waals surface area contributed by atoms with Crippen LogP contribution >= 0.6 is 11.8 Å². The number of halogens is 3. The Labute approximate surface area is 110 Å². The van der Waals surface area contributed by atoms with Gasteiger partial charge in [0.15, 0.2) is 0 Å². The molecule has 0 bridgehead atoms. The maximum atomic E-state index is 12.4. The number of amides is 1. The van der Waals surface area contributed by atoms with Crippen LogP contribution < -0.4 is 5.32 Å². The van der Waals surface area contributed by atoms with Gasteiger partial charge in [0.2, 0.25) is 0 Å². The van der Waals surface area contributed by atoms with Crippen LogP contribution in [0.15, 0.2) is 41.4 Å². The standard InChI is InChI=1S/C11H8F3N3OS/c12-11(13,14)19-8-4-2-1-3-7(8)10(18)16-9-5-6-15-17-9/h1-6H,(H2,15,16,17,18). The Bertz CT molecular complexity index is 569. The van der Waals surface area contributed by atoms with Gasteiger partial charge < -0.3 is 5.32 Å². The second-order valence-electron chi connectivity index (χ2n) is 3.47. The lowest BCUT2D eigenvalue weighted by Gasteiger charge is -2.10. The van der Waals surface area contributed by atoms with E-state index in [0.29, 0.717) is 5.82 Å². The Hall–Kier alpha value is -1.96. The van der Waals surface area contributed by atoms with Crippen LogP contribution in [0.3, 0.4) is 0 Å². The van der Waals surface area contributed by atoms with Crippen molar-refractivity contribution in [3.05, 3.63) is 42.1 Å². The number of rotatable bonds is 3. The summed E-state index contributed by atoms with van der Waals surface area (Å²) in [6, 6.07) is 7.03. The average Bonchev–Trinajstić information content (AvgIpc) is 2.80. The average molecular weight is 287 g/mol. The molecule has 1 aromatic heterocycles. The van der Waals surface area contributed by atoms with Gasteiger partial charge in [-0.3, -0.25) is 9.89 Å². The van der Waals surface area contributed by atoms with Crippen molar-refractivity contribution >= 4 is 23.5 Å². The fourth-order valence-electron chi connectivity index (χ4n) is 1.38. The van der Waals surface area contributed by atoms with Crippen LogP contribution in [0.5, 0.6) is 0 Å². The summed E-state index contributed by atoms with van der Waals surface area (Å²) in [4.78, 5) is 11.7. The first-order valence-corrected chi connectivity index (χ1v) is 5.93. The quantitative estimate of drug-likeness (QED) is 0.852. The topological polar surface area (TPSA) is 57.8 Å². The van der Waals surface area contributed by atoms with Crippen molar-refractivity contribution in [3.8, 4) is 0 Å². The molecule has 0 saturated heterocycles. The lowest BCUT2D eigenvalue weighted by Crippen LogP contribution is -2.14. The molecule has 0 aliphatic heterocycles. The molecule has 0 radical (unpaired) electrons. The van der Waals surface area contributed by atoms with Crippen LogP contribution in [0.1, 0.15) is 10.4 Å². The zero-order valence-corrected chi connectivity index (χ0v) is 10.2. The number of hydrogen-bond donors (Lipinski definition) is 2. The fraction of sp³-hybridized carbons (Fsp3) is 0.0909. The third-order valence-electron chi connectivity index (χ3n) is 2.11. The maximum Gasteiger partial charge on any atom is 0.446 e. The normalized spacial score (nSPS) is 11.3. The summed E-state index contributed by atoms with van der Waals surface area (Å²) in [7, 11) is 0. The largest absolute Gasteiger partial charge is 0.446 e. The van der Waals surface area contributed by atoms with Crippen LogP contribution in [-0.4, -0.2) is 21.6 Å². The van der Waals surface area contributed by atoms with Crippen LogP contribution in [0.2, 0.25) is 0 Å². The molecule has 2 aromatic rings. The number of anilines is 1. The van der Waals surface area contributed by atoms with Crippen molar-refractivity contribution < 1.29 is 18.0 Å². The number of carbonyl (C=O) groups is 1. The number of nitrogens with zero attached hydrogens (tertiary/aromatic N) is 1. The van der Waals surface area contributed by atoms with E-state index < -0.39 is 11.4 Å². The Morgan fingerprint density at radius 3 is 2.63 bits per heavy atom. The molecule has 100 valence electrons. The minimum atomic E-state index is -4.44. The van der Waals surface area contributed by atoms with E-state index in [-0.39, 0.29) is 22.2 Å². The maximum absolute atomic E-state index is 12.4. The van der Waals surface area contributed by atoms with E-state index in [1.807, 2.05) is 0 Å². The molecule has 19 heavy (non-hydrogen) atoms. The summed E-state index contributed by atoms with van der Waals surface area (Å²) in [6.07, 6.45) is 1.42. The number of aromatic nitrogens is 2. The predicted molar refractivity (Wildman–Crippen MR) is 64.9 cm³/mol. The Morgan fingerprint density at radius 1 is 1.26 bits per heavy atom. The molecule has 0 spiro atoms. The third-order valence-corrected chi connectivity index (χ3v) is 2.91. The molecule has 0 aliphatic rings. The fourth-order valence-corrected chi connectivity index (χ4v) is 2.05. The van der Waals surface area contributed by atoms with Gasteiger partial charge >= 0.3 is 5.51 Å². The summed E-state index contributed by atoms with van der Waals surface area (Å²) >= 11 is -0.318. The molecular weight excluding hydrogens is 279 g/mol. The molecule has 1 heterocycles. The SMILES string of the molecule is O=C(Nc1ccn[nH]1)c1ccccc1SC(F)(F)F. The Morgan fingerprint density at radius 2 is 2.00 bits per heavy atom. The minimum absolute atomic E-state index is 0.0422.